The van der Waals surface area contributed by atoms with Gasteiger partial charge in [-0.3, -0.25) is 4.79 Å². The number of para-hydroxylation sites is 1. The van der Waals surface area contributed by atoms with Crippen molar-refractivity contribution in [3.63, 3.8) is 0 Å². The monoisotopic (exact) mass is 294 g/mol. The molecular weight excluding hydrogens is 280 g/mol. The van der Waals surface area contributed by atoms with Crippen molar-refractivity contribution in [3.8, 4) is 0 Å². The second kappa shape index (κ2) is 6.70. The summed E-state index contributed by atoms with van der Waals surface area (Å²) in [7, 11) is 0. The van der Waals surface area contributed by atoms with Crippen LogP contribution >= 0.6 is 22.9 Å². The van der Waals surface area contributed by atoms with Crippen LogP contribution < -0.4 is 10.6 Å². The first-order valence-electron chi connectivity index (χ1n) is 5.98. The number of thiophene rings is 1. The van der Waals surface area contributed by atoms with Crippen molar-refractivity contribution in [1.82, 2.24) is 5.32 Å². The molecule has 0 bridgehead atoms. The molecule has 1 unspecified atom stereocenters. The number of halogens is 1. The van der Waals surface area contributed by atoms with Crippen LogP contribution in [-0.2, 0) is 4.79 Å². The van der Waals surface area contributed by atoms with Crippen LogP contribution in [-0.4, -0.2) is 12.5 Å². The van der Waals surface area contributed by atoms with Gasteiger partial charge in [0, 0.05) is 16.6 Å². The summed E-state index contributed by atoms with van der Waals surface area (Å²) in [5.41, 5.74) is 0.807. The summed E-state index contributed by atoms with van der Waals surface area (Å²) >= 11 is 7.41. The van der Waals surface area contributed by atoms with Gasteiger partial charge >= 0.3 is 0 Å². The van der Waals surface area contributed by atoms with Gasteiger partial charge < -0.3 is 10.6 Å². The lowest BCUT2D eigenvalue weighted by atomic mass is 10.2. The van der Waals surface area contributed by atoms with Gasteiger partial charge in [-0.2, -0.15) is 0 Å². The number of hydrogen-bond acceptors (Lipinski definition) is 3. The fourth-order valence-electron chi connectivity index (χ4n) is 1.63. The number of carbonyl (C=O) groups excluding carboxylic acids is 1. The van der Waals surface area contributed by atoms with Gasteiger partial charge in [-0.25, -0.2) is 0 Å². The van der Waals surface area contributed by atoms with Crippen molar-refractivity contribution in [2.75, 3.05) is 11.9 Å². The maximum Gasteiger partial charge on any atom is 0.238 e. The molecular formula is C14H15ClN2OS. The summed E-state index contributed by atoms with van der Waals surface area (Å²) < 4.78 is 0.761. The number of nitrogens with one attached hydrogen (secondary N) is 2. The van der Waals surface area contributed by atoms with Crippen LogP contribution in [0.1, 0.15) is 17.8 Å². The highest BCUT2D eigenvalue weighted by atomic mass is 35.5. The van der Waals surface area contributed by atoms with Crippen LogP contribution in [0.25, 0.3) is 0 Å². The normalized spacial score (nSPS) is 12.1. The first kappa shape index (κ1) is 14.1. The van der Waals surface area contributed by atoms with Crippen molar-refractivity contribution in [2.24, 2.45) is 0 Å². The van der Waals surface area contributed by atoms with Gasteiger partial charge in [0.1, 0.15) is 0 Å². The van der Waals surface area contributed by atoms with Crippen molar-refractivity contribution >= 4 is 34.5 Å². The summed E-state index contributed by atoms with van der Waals surface area (Å²) in [6.45, 7) is 2.28. The number of amides is 1. The Morgan fingerprint density at radius 2 is 2.00 bits per heavy atom. The third-order valence-corrected chi connectivity index (χ3v) is 4.06. The standard InChI is InChI=1S/C14H15ClN2OS/c1-10(12-7-8-13(15)19-12)16-9-14(18)17-11-5-3-2-4-6-11/h2-8,10,16H,9H2,1H3,(H,17,18). The van der Waals surface area contributed by atoms with Crippen LogP contribution in [0, 0.1) is 0 Å². The third-order valence-electron chi connectivity index (χ3n) is 2.65. The van der Waals surface area contributed by atoms with Crippen LogP contribution in [0.3, 0.4) is 0 Å². The predicted octanol–water partition coefficient (Wildman–Crippen LogP) is 3.69. The SMILES string of the molecule is CC(NCC(=O)Nc1ccccc1)c1ccc(Cl)s1. The van der Waals surface area contributed by atoms with Crippen LogP contribution in [0.5, 0.6) is 0 Å². The number of carbonyl (C=O) groups is 1. The molecule has 0 spiro atoms. The number of rotatable bonds is 5. The Balaban J connectivity index is 1.80. The number of hydrogen-bond donors (Lipinski definition) is 2. The molecule has 100 valence electrons. The van der Waals surface area contributed by atoms with Crippen LogP contribution in [0.4, 0.5) is 5.69 Å². The summed E-state index contributed by atoms with van der Waals surface area (Å²) in [4.78, 5) is 12.9. The molecule has 0 fully saturated rings. The molecule has 19 heavy (non-hydrogen) atoms. The van der Waals surface area contributed by atoms with Gasteiger partial charge in [0.2, 0.25) is 5.91 Å². The Kier molecular flexibility index (Phi) is 4.96. The van der Waals surface area contributed by atoms with Crippen LogP contribution in [0.15, 0.2) is 42.5 Å². The fraction of sp³-hybridized carbons (Fsp3) is 0.214. The molecule has 2 rings (SSSR count). The molecule has 3 nitrogen and oxygen atoms in total. The molecule has 2 aromatic rings. The largest absolute Gasteiger partial charge is 0.325 e. The van der Waals surface area contributed by atoms with E-state index < -0.39 is 0 Å². The lowest BCUT2D eigenvalue weighted by molar-refractivity contribution is -0.115. The van der Waals surface area contributed by atoms with E-state index in [9.17, 15) is 4.79 Å². The average molecular weight is 295 g/mol. The van der Waals surface area contributed by atoms with E-state index in [1.807, 2.05) is 49.4 Å². The zero-order valence-corrected chi connectivity index (χ0v) is 12.1. The molecule has 1 atom stereocenters. The van der Waals surface area contributed by atoms with Gasteiger partial charge in [0.25, 0.3) is 0 Å². The summed E-state index contributed by atoms with van der Waals surface area (Å²) in [5.74, 6) is -0.0549. The molecule has 1 aromatic heterocycles. The fourth-order valence-corrected chi connectivity index (χ4v) is 2.72. The van der Waals surface area contributed by atoms with Gasteiger partial charge in [-0.1, -0.05) is 29.8 Å². The van der Waals surface area contributed by atoms with Gasteiger partial charge in [-0.05, 0) is 31.2 Å². The Morgan fingerprint density at radius 3 is 2.63 bits per heavy atom. The second-order valence-electron chi connectivity index (χ2n) is 4.16. The van der Waals surface area contributed by atoms with E-state index in [1.54, 1.807) is 0 Å². The Bertz CT molecular complexity index is 541. The first-order valence-corrected chi connectivity index (χ1v) is 7.18. The summed E-state index contributed by atoms with van der Waals surface area (Å²) in [6, 6.07) is 13.4. The molecule has 1 heterocycles. The first-order chi connectivity index (χ1) is 9.15. The van der Waals surface area contributed by atoms with E-state index in [4.69, 9.17) is 11.6 Å². The lowest BCUT2D eigenvalue weighted by Gasteiger charge is -2.12. The molecule has 1 aromatic carbocycles. The summed E-state index contributed by atoms with van der Waals surface area (Å²) in [6.07, 6.45) is 0. The minimum absolute atomic E-state index is 0.0549. The van der Waals surface area contributed by atoms with E-state index >= 15 is 0 Å². The predicted molar refractivity (Wildman–Crippen MR) is 80.8 cm³/mol. The van der Waals surface area contributed by atoms with E-state index in [1.165, 1.54) is 11.3 Å². The molecule has 0 saturated carbocycles. The third kappa shape index (κ3) is 4.35. The minimum Gasteiger partial charge on any atom is -0.325 e. The molecule has 2 N–H and O–H groups in total. The minimum atomic E-state index is -0.0549. The molecule has 0 saturated heterocycles. The molecule has 5 heteroatoms. The maximum atomic E-state index is 11.8. The smallest absolute Gasteiger partial charge is 0.238 e. The molecule has 0 aliphatic heterocycles. The highest BCUT2D eigenvalue weighted by Gasteiger charge is 2.09. The lowest BCUT2D eigenvalue weighted by Crippen LogP contribution is -2.29. The Hall–Kier alpha value is -1.36. The molecule has 0 aliphatic carbocycles. The average Bonchev–Trinajstić information content (AvgIpc) is 2.84. The highest BCUT2D eigenvalue weighted by Crippen LogP contribution is 2.26. The van der Waals surface area contributed by atoms with Crippen LogP contribution in [0.2, 0.25) is 4.34 Å². The molecule has 0 radical (unpaired) electrons. The van der Waals surface area contributed by atoms with Gasteiger partial charge in [0.05, 0.1) is 10.9 Å². The topological polar surface area (TPSA) is 41.1 Å². The number of benzene rings is 1. The van der Waals surface area contributed by atoms with Crippen molar-refractivity contribution in [2.45, 2.75) is 13.0 Å². The Labute approximate surface area is 121 Å². The maximum absolute atomic E-state index is 11.8. The van der Waals surface area contributed by atoms with Gasteiger partial charge in [-0.15, -0.1) is 11.3 Å². The highest BCUT2D eigenvalue weighted by molar-refractivity contribution is 7.16. The second-order valence-corrected chi connectivity index (χ2v) is 5.91. The van der Waals surface area contributed by atoms with E-state index in [0.29, 0.717) is 0 Å². The van der Waals surface area contributed by atoms with Crippen molar-refractivity contribution in [3.05, 3.63) is 51.7 Å². The summed E-state index contributed by atoms with van der Waals surface area (Å²) in [5, 5.41) is 6.00. The molecule has 1 amide bonds. The zero-order chi connectivity index (χ0) is 13.7. The van der Waals surface area contributed by atoms with E-state index in [2.05, 4.69) is 10.6 Å². The van der Waals surface area contributed by atoms with E-state index in [0.717, 1.165) is 14.9 Å². The van der Waals surface area contributed by atoms with Crippen molar-refractivity contribution in [1.29, 1.82) is 0 Å². The van der Waals surface area contributed by atoms with Gasteiger partial charge in [0.15, 0.2) is 0 Å². The molecule has 0 aliphatic rings. The zero-order valence-electron chi connectivity index (χ0n) is 10.5. The van der Waals surface area contributed by atoms with Crippen molar-refractivity contribution < 1.29 is 4.79 Å². The quantitative estimate of drug-likeness (QED) is 0.883. The van der Waals surface area contributed by atoms with E-state index in [-0.39, 0.29) is 18.5 Å². The number of anilines is 1. The Morgan fingerprint density at radius 1 is 1.26 bits per heavy atom.